The Hall–Kier alpha value is -3.17. The average molecular weight is 534 g/mol. The summed E-state index contributed by atoms with van der Waals surface area (Å²) in [7, 11) is 0. The van der Waals surface area contributed by atoms with E-state index in [4.69, 9.17) is 0 Å². The summed E-state index contributed by atoms with van der Waals surface area (Å²) in [6.45, 7) is 3.34. The van der Waals surface area contributed by atoms with Gasteiger partial charge in [-0.1, -0.05) is 71.1 Å². The Morgan fingerprint density at radius 3 is 2.32 bits per heavy atom. The summed E-state index contributed by atoms with van der Waals surface area (Å²) in [5.74, 6) is -1.65. The van der Waals surface area contributed by atoms with Gasteiger partial charge in [-0.05, 0) is 43.9 Å². The van der Waals surface area contributed by atoms with Crippen LogP contribution in [0.1, 0.15) is 41.2 Å². The van der Waals surface area contributed by atoms with Gasteiger partial charge < -0.3 is 4.90 Å². The first kappa shape index (κ1) is 24.2. The van der Waals surface area contributed by atoms with E-state index in [-0.39, 0.29) is 29.1 Å². The number of hydrogen-bond acceptors (Lipinski definition) is 6. The second-order valence-corrected chi connectivity index (χ2v) is 12.0. The fourth-order valence-electron chi connectivity index (χ4n) is 5.60. The highest BCUT2D eigenvalue weighted by molar-refractivity contribution is 8.00. The van der Waals surface area contributed by atoms with Crippen LogP contribution in [0.3, 0.4) is 0 Å². The van der Waals surface area contributed by atoms with Gasteiger partial charge in [-0.3, -0.25) is 23.7 Å². The highest BCUT2D eigenvalue weighted by atomic mass is 32.2. The average Bonchev–Trinajstić information content (AvgIpc) is 3.36. The number of thioether (sulfide) groups is 1. The lowest BCUT2D eigenvalue weighted by atomic mass is 9.83. The molecular formula is C28H27N3O4S2. The van der Waals surface area contributed by atoms with Crippen LogP contribution in [0.2, 0.25) is 0 Å². The zero-order valence-electron chi connectivity index (χ0n) is 20.5. The van der Waals surface area contributed by atoms with Crippen molar-refractivity contribution < 1.29 is 14.4 Å². The molecule has 0 unspecified atom stereocenters. The Kier molecular flexibility index (Phi) is 6.28. The topological polar surface area (TPSA) is 79.7 Å². The number of piperidine rings is 1. The Bertz CT molecular complexity index is 1420. The summed E-state index contributed by atoms with van der Waals surface area (Å²) in [5.41, 5.74) is 2.49. The van der Waals surface area contributed by atoms with Crippen LogP contribution in [0.15, 0.2) is 64.4 Å². The van der Waals surface area contributed by atoms with E-state index in [2.05, 4.69) is 0 Å². The molecule has 0 saturated carbocycles. The lowest BCUT2D eigenvalue weighted by Gasteiger charge is -2.31. The second-order valence-electron chi connectivity index (χ2n) is 9.86. The van der Waals surface area contributed by atoms with Crippen LogP contribution < -0.4 is 9.77 Å². The van der Waals surface area contributed by atoms with Crippen molar-refractivity contribution in [3.63, 3.8) is 0 Å². The lowest BCUT2D eigenvalue weighted by molar-refractivity contribution is -0.133. The van der Waals surface area contributed by atoms with Crippen LogP contribution in [-0.4, -0.2) is 45.5 Å². The highest BCUT2D eigenvalue weighted by Crippen LogP contribution is 2.53. The predicted molar refractivity (Wildman–Crippen MR) is 144 cm³/mol. The highest BCUT2D eigenvalue weighted by Gasteiger charge is 2.56. The minimum Gasteiger partial charge on any atom is -0.341 e. The van der Waals surface area contributed by atoms with Crippen LogP contribution in [0.5, 0.6) is 0 Å². The van der Waals surface area contributed by atoms with Crippen molar-refractivity contribution in [2.75, 3.05) is 18.0 Å². The van der Waals surface area contributed by atoms with E-state index in [0.29, 0.717) is 23.8 Å². The molecule has 0 radical (unpaired) electrons. The maximum absolute atomic E-state index is 13.9. The molecule has 9 heteroatoms. The molecule has 37 heavy (non-hydrogen) atoms. The Morgan fingerprint density at radius 2 is 1.62 bits per heavy atom. The molecule has 3 atom stereocenters. The van der Waals surface area contributed by atoms with Gasteiger partial charge in [0.15, 0.2) is 0 Å². The molecule has 3 amide bonds. The number of benzene rings is 2. The molecular weight excluding hydrogens is 506 g/mol. The second kappa shape index (κ2) is 9.61. The number of aromatic nitrogens is 1. The van der Waals surface area contributed by atoms with Crippen molar-refractivity contribution in [1.82, 2.24) is 9.47 Å². The Balaban J connectivity index is 1.42. The van der Waals surface area contributed by atoms with Gasteiger partial charge >= 0.3 is 4.87 Å². The third-order valence-corrected chi connectivity index (χ3v) is 10.1. The number of carbonyl (C=O) groups excluding carboxylic acids is 3. The number of hydrogen-bond donors (Lipinski definition) is 0. The minimum absolute atomic E-state index is 0.0413. The van der Waals surface area contributed by atoms with E-state index in [1.54, 1.807) is 12.1 Å². The fraction of sp³-hybridized carbons (Fsp3) is 0.357. The molecule has 0 spiro atoms. The van der Waals surface area contributed by atoms with E-state index in [0.717, 1.165) is 46.6 Å². The first-order valence-electron chi connectivity index (χ1n) is 12.6. The number of likely N-dealkylation sites (tertiary alicyclic amines) is 1. The van der Waals surface area contributed by atoms with E-state index in [1.165, 1.54) is 21.2 Å². The van der Waals surface area contributed by atoms with E-state index in [9.17, 15) is 19.2 Å². The number of carbonyl (C=O) groups is 3. The van der Waals surface area contributed by atoms with Gasteiger partial charge in [0, 0.05) is 23.9 Å². The summed E-state index contributed by atoms with van der Waals surface area (Å²) >= 11 is 2.36. The van der Waals surface area contributed by atoms with Gasteiger partial charge in [0.1, 0.15) is 11.8 Å². The zero-order valence-corrected chi connectivity index (χ0v) is 22.1. The van der Waals surface area contributed by atoms with Crippen LogP contribution in [0, 0.1) is 12.8 Å². The van der Waals surface area contributed by atoms with E-state index in [1.807, 2.05) is 54.3 Å². The molecule has 7 nitrogen and oxygen atoms in total. The lowest BCUT2D eigenvalue weighted by Crippen LogP contribution is -2.39. The standard InChI is InChI=1S/C28H27N3O4S2/c1-17-10-12-19(13-11-17)31-25(33)22-21(18-8-4-2-5-9-18)24-27(36-23(22)26(31)34)30(28(35)37-24)16-20(32)29-14-6-3-7-15-29/h2,4-5,8-13,21-23H,3,6-7,14-16H2,1H3/t21-,22-,23+/m0/s1. The SMILES string of the molecule is Cc1ccc(N2C(=O)[C@H]3[C@H](c4ccccc4)c4sc(=O)n(CC(=O)N5CCCCC5)c4S[C@H]3C2=O)cc1. The van der Waals surface area contributed by atoms with Crippen molar-refractivity contribution in [1.29, 1.82) is 0 Å². The minimum atomic E-state index is -0.670. The molecule has 2 fully saturated rings. The Morgan fingerprint density at radius 1 is 0.919 bits per heavy atom. The largest absolute Gasteiger partial charge is 0.341 e. The van der Waals surface area contributed by atoms with Crippen molar-refractivity contribution in [3.05, 3.63) is 80.3 Å². The number of aryl methyl sites for hydroxylation is 1. The number of nitrogens with zero attached hydrogens (tertiary/aromatic N) is 3. The van der Waals surface area contributed by atoms with Crippen molar-refractivity contribution in [2.45, 2.75) is 48.9 Å². The molecule has 2 saturated heterocycles. The van der Waals surface area contributed by atoms with E-state index >= 15 is 0 Å². The summed E-state index contributed by atoms with van der Waals surface area (Å²) in [6.07, 6.45) is 3.06. The molecule has 1 aromatic heterocycles. The summed E-state index contributed by atoms with van der Waals surface area (Å²) in [5, 5.41) is -0.0285. The van der Waals surface area contributed by atoms with Crippen LogP contribution >= 0.6 is 23.1 Å². The van der Waals surface area contributed by atoms with Crippen LogP contribution in [-0.2, 0) is 20.9 Å². The quantitative estimate of drug-likeness (QED) is 0.473. The molecule has 4 heterocycles. The van der Waals surface area contributed by atoms with Gasteiger partial charge in [0.2, 0.25) is 17.7 Å². The van der Waals surface area contributed by atoms with Crippen molar-refractivity contribution in [3.8, 4) is 0 Å². The van der Waals surface area contributed by atoms with E-state index < -0.39 is 17.1 Å². The summed E-state index contributed by atoms with van der Waals surface area (Å²) in [4.78, 5) is 57.6. The van der Waals surface area contributed by atoms with Crippen molar-refractivity contribution >= 4 is 46.5 Å². The molecule has 2 aromatic carbocycles. The number of thiazole rings is 1. The number of amides is 3. The zero-order chi connectivity index (χ0) is 25.7. The number of anilines is 1. The number of fused-ring (bicyclic) bond motifs is 2. The summed E-state index contributed by atoms with van der Waals surface area (Å²) in [6, 6.07) is 17.0. The molecule has 0 N–H and O–H groups in total. The van der Waals surface area contributed by atoms with Crippen LogP contribution in [0.25, 0.3) is 0 Å². The molecule has 0 aliphatic carbocycles. The molecule has 3 aliphatic rings. The molecule has 6 rings (SSSR count). The third kappa shape index (κ3) is 4.14. The smallest absolute Gasteiger partial charge is 0.308 e. The van der Waals surface area contributed by atoms with Gasteiger partial charge in [-0.15, -0.1) is 0 Å². The van der Waals surface area contributed by atoms with Gasteiger partial charge in [-0.2, -0.15) is 0 Å². The molecule has 190 valence electrons. The van der Waals surface area contributed by atoms with Crippen molar-refractivity contribution in [2.24, 2.45) is 5.92 Å². The monoisotopic (exact) mass is 533 g/mol. The Labute approximate surface area is 223 Å². The number of imide groups is 1. The number of rotatable bonds is 4. The van der Waals surface area contributed by atoms with Gasteiger partial charge in [-0.25, -0.2) is 4.90 Å². The summed E-state index contributed by atoms with van der Waals surface area (Å²) < 4.78 is 1.53. The molecule has 3 aliphatic heterocycles. The van der Waals surface area contributed by atoms with Gasteiger partial charge in [0.05, 0.1) is 16.6 Å². The van der Waals surface area contributed by atoms with Gasteiger partial charge in [0.25, 0.3) is 0 Å². The fourth-order valence-corrected chi connectivity index (χ4v) is 8.37. The normalized spacial score (nSPS) is 23.2. The maximum atomic E-state index is 13.9. The third-order valence-electron chi connectivity index (χ3n) is 7.50. The van der Waals surface area contributed by atoms with Crippen LogP contribution in [0.4, 0.5) is 5.69 Å². The first-order chi connectivity index (χ1) is 17.9. The molecule has 0 bridgehead atoms. The predicted octanol–water partition coefficient (Wildman–Crippen LogP) is 4.03. The maximum Gasteiger partial charge on any atom is 0.308 e. The first-order valence-corrected chi connectivity index (χ1v) is 14.3. The molecule has 3 aromatic rings.